The third-order valence-corrected chi connectivity index (χ3v) is 3.42. The van der Waals surface area contributed by atoms with Crippen molar-refractivity contribution in [3.8, 4) is 0 Å². The molecule has 0 amide bonds. The summed E-state index contributed by atoms with van der Waals surface area (Å²) in [5.74, 6) is 0. The van der Waals surface area contributed by atoms with E-state index in [2.05, 4.69) is 23.7 Å². The summed E-state index contributed by atoms with van der Waals surface area (Å²) in [6, 6.07) is 0.111. The Morgan fingerprint density at radius 1 is 1.50 bits per heavy atom. The Kier molecular flexibility index (Phi) is 8.06. The maximum atomic E-state index is 11.2. The highest BCUT2D eigenvalue weighted by Gasteiger charge is 2.16. The molecule has 84 valence electrons. The molecule has 0 aliphatic heterocycles. The fourth-order valence-electron chi connectivity index (χ4n) is 0.789. The van der Waals surface area contributed by atoms with Crippen LogP contribution in [0.1, 0.15) is 19.8 Å². The number of hydrogen-bond donors (Lipinski definition) is 1. The van der Waals surface area contributed by atoms with Crippen LogP contribution in [0.25, 0.3) is 0 Å². The summed E-state index contributed by atoms with van der Waals surface area (Å²) in [5.41, 5.74) is 0. The molecule has 0 rings (SSSR count). The van der Waals surface area contributed by atoms with Gasteiger partial charge in [-0.1, -0.05) is 19.2 Å². The van der Waals surface area contributed by atoms with Crippen molar-refractivity contribution in [2.45, 2.75) is 25.8 Å². The number of rotatable bonds is 8. The first-order chi connectivity index (χ1) is 6.52. The zero-order chi connectivity index (χ0) is 11.0. The summed E-state index contributed by atoms with van der Waals surface area (Å²) in [4.78, 5) is 0. The van der Waals surface area contributed by atoms with Gasteiger partial charge in [0.2, 0.25) is 0 Å². The van der Waals surface area contributed by atoms with Crippen LogP contribution in [0.2, 0.25) is 0 Å². The molecule has 7 heteroatoms. The molecule has 0 aromatic rings. The van der Waals surface area contributed by atoms with Crippen molar-refractivity contribution in [1.82, 2.24) is 0 Å². The van der Waals surface area contributed by atoms with Gasteiger partial charge in [-0.2, -0.15) is 0 Å². The summed E-state index contributed by atoms with van der Waals surface area (Å²) in [5, 5.41) is 0. The largest absolute Gasteiger partial charge is 0.387 e. The van der Waals surface area contributed by atoms with Gasteiger partial charge >= 0.3 is 6.80 Å². The van der Waals surface area contributed by atoms with Crippen LogP contribution in [-0.2, 0) is 18.3 Å². The summed E-state index contributed by atoms with van der Waals surface area (Å²) >= 11 is 3.73. The topological polar surface area (TPSA) is 44.8 Å². The standard InChI is InChI=1S/C7H18BO4PS/c1-3-5-11-7(8)4-6-12-13(9,14)10-2/h7H,3-6,8H2,1-2H3,(H,9,14)/t7-,13?/m1/s1. The Balaban J connectivity index is 3.48. The van der Waals surface area contributed by atoms with Crippen molar-refractivity contribution in [3.05, 3.63) is 0 Å². The van der Waals surface area contributed by atoms with E-state index in [1.165, 1.54) is 7.11 Å². The van der Waals surface area contributed by atoms with Gasteiger partial charge in [-0.3, -0.25) is 0 Å². The van der Waals surface area contributed by atoms with E-state index < -0.39 is 6.80 Å². The van der Waals surface area contributed by atoms with Crippen LogP contribution >= 0.6 is 19.0 Å². The molecule has 0 aliphatic rings. The summed E-state index contributed by atoms with van der Waals surface area (Å²) < 4.78 is 26.1. The van der Waals surface area contributed by atoms with Gasteiger partial charge in [0, 0.05) is 19.7 Å². The van der Waals surface area contributed by atoms with Crippen LogP contribution in [0, 0.1) is 0 Å². The molecule has 0 aromatic carbocycles. The van der Waals surface area contributed by atoms with Gasteiger partial charge in [-0.25, -0.2) is 4.57 Å². The van der Waals surface area contributed by atoms with Crippen molar-refractivity contribution < 1.29 is 18.3 Å². The summed E-state index contributed by atoms with van der Waals surface area (Å²) in [6.45, 7) is 0.00792. The first kappa shape index (κ1) is 14.5. The average Bonchev–Trinajstić information content (AvgIpc) is 2.14. The molecule has 14 heavy (non-hydrogen) atoms. The van der Waals surface area contributed by atoms with Crippen molar-refractivity contribution >= 4 is 26.9 Å². The Labute approximate surface area is 91.8 Å². The van der Waals surface area contributed by atoms with Crippen molar-refractivity contribution in [3.63, 3.8) is 0 Å². The van der Waals surface area contributed by atoms with E-state index in [1.54, 1.807) is 0 Å². The lowest BCUT2D eigenvalue weighted by atomic mass is 9.97. The van der Waals surface area contributed by atoms with Crippen LogP contribution < -0.4 is 0 Å². The molecule has 0 saturated heterocycles. The van der Waals surface area contributed by atoms with Gasteiger partial charge in [-0.15, -0.1) is 0 Å². The van der Waals surface area contributed by atoms with Gasteiger partial charge in [0.15, 0.2) is 0 Å². The predicted octanol–water partition coefficient (Wildman–Crippen LogP) is 1.46. The zero-order valence-corrected chi connectivity index (χ0v) is 10.7. The van der Waals surface area contributed by atoms with Gasteiger partial charge in [-0.05, 0) is 12.8 Å². The molecule has 0 bridgehead atoms. The molecule has 0 fully saturated rings. The molecule has 4 nitrogen and oxygen atoms in total. The quantitative estimate of drug-likeness (QED) is 0.396. The first-order valence-corrected chi connectivity index (χ1v) is 7.36. The SMILES string of the molecule is B[C@@H](CCOP(=O)(S)OC)OCCC. The van der Waals surface area contributed by atoms with Gasteiger partial charge < -0.3 is 13.8 Å². The second-order valence-electron chi connectivity index (χ2n) is 2.95. The fraction of sp³-hybridized carbons (Fsp3) is 1.00. The predicted molar refractivity (Wildman–Crippen MR) is 62.7 cm³/mol. The monoisotopic (exact) mass is 240 g/mol. The van der Waals surface area contributed by atoms with Gasteiger partial charge in [0.25, 0.3) is 0 Å². The van der Waals surface area contributed by atoms with E-state index in [0.29, 0.717) is 13.0 Å². The minimum absolute atomic E-state index is 0.111. The van der Waals surface area contributed by atoms with Crippen LogP contribution in [0.15, 0.2) is 0 Å². The highest BCUT2D eigenvalue weighted by Crippen LogP contribution is 2.51. The number of thiol groups is 1. The van der Waals surface area contributed by atoms with Crippen LogP contribution in [0.4, 0.5) is 0 Å². The zero-order valence-electron chi connectivity index (χ0n) is 8.93. The first-order valence-electron chi connectivity index (χ1n) is 4.66. The van der Waals surface area contributed by atoms with E-state index in [-0.39, 0.29) is 6.00 Å². The minimum Gasteiger partial charge on any atom is -0.387 e. The maximum Gasteiger partial charge on any atom is 0.385 e. The Bertz CT molecular complexity index is 193. The third-order valence-electron chi connectivity index (χ3n) is 1.62. The molecular weight excluding hydrogens is 222 g/mol. The second-order valence-corrected chi connectivity index (χ2v) is 5.98. The van der Waals surface area contributed by atoms with Gasteiger partial charge in [0.05, 0.1) is 6.61 Å². The summed E-state index contributed by atoms with van der Waals surface area (Å²) in [7, 11) is 3.26. The molecule has 1 unspecified atom stereocenters. The van der Waals surface area contributed by atoms with Crippen molar-refractivity contribution in [2.24, 2.45) is 0 Å². The van der Waals surface area contributed by atoms with Crippen LogP contribution in [0.5, 0.6) is 0 Å². The minimum atomic E-state index is -3.12. The van der Waals surface area contributed by atoms with E-state index >= 15 is 0 Å². The van der Waals surface area contributed by atoms with E-state index in [9.17, 15) is 4.57 Å². The molecular formula is C7H18BO4PS. The lowest BCUT2D eigenvalue weighted by Crippen LogP contribution is -2.15. The second kappa shape index (κ2) is 7.77. The molecule has 0 radical (unpaired) electrons. The Hall–Kier alpha value is 0.525. The van der Waals surface area contributed by atoms with Crippen LogP contribution in [-0.4, -0.2) is 34.2 Å². The average molecular weight is 240 g/mol. The Morgan fingerprint density at radius 3 is 2.64 bits per heavy atom. The molecule has 0 aromatic heterocycles. The van der Waals surface area contributed by atoms with Crippen molar-refractivity contribution in [1.29, 1.82) is 0 Å². The lowest BCUT2D eigenvalue weighted by Gasteiger charge is -2.14. The highest BCUT2D eigenvalue weighted by molar-refractivity contribution is 8.44. The van der Waals surface area contributed by atoms with E-state index in [0.717, 1.165) is 13.0 Å². The summed E-state index contributed by atoms with van der Waals surface area (Å²) in [6.07, 6.45) is 1.68. The molecule has 0 saturated carbocycles. The highest BCUT2D eigenvalue weighted by atomic mass is 32.7. The normalized spacial score (nSPS) is 17.6. The van der Waals surface area contributed by atoms with Crippen molar-refractivity contribution in [2.75, 3.05) is 20.3 Å². The van der Waals surface area contributed by atoms with Crippen LogP contribution in [0.3, 0.4) is 0 Å². The number of hydrogen-bond acceptors (Lipinski definition) is 4. The maximum absolute atomic E-state index is 11.2. The smallest absolute Gasteiger partial charge is 0.385 e. The molecule has 0 heterocycles. The number of ether oxygens (including phenoxy) is 1. The molecule has 0 aliphatic carbocycles. The Morgan fingerprint density at radius 2 is 2.14 bits per heavy atom. The molecule has 2 atom stereocenters. The third kappa shape index (κ3) is 7.89. The molecule has 0 N–H and O–H groups in total. The van der Waals surface area contributed by atoms with E-state index in [4.69, 9.17) is 9.26 Å². The fourth-order valence-corrected chi connectivity index (χ4v) is 1.48. The molecule has 0 spiro atoms. The lowest BCUT2D eigenvalue weighted by molar-refractivity contribution is 0.0891. The van der Waals surface area contributed by atoms with E-state index in [1.807, 2.05) is 7.85 Å². The van der Waals surface area contributed by atoms with Gasteiger partial charge in [0.1, 0.15) is 7.85 Å².